The predicted octanol–water partition coefficient (Wildman–Crippen LogP) is 2.15. The molecule has 2 unspecified atom stereocenters. The summed E-state index contributed by atoms with van der Waals surface area (Å²) in [5.41, 5.74) is 8.18. The van der Waals surface area contributed by atoms with Gasteiger partial charge in [-0.15, -0.1) is 0 Å². The van der Waals surface area contributed by atoms with Gasteiger partial charge in [0.2, 0.25) is 5.91 Å². The summed E-state index contributed by atoms with van der Waals surface area (Å²) >= 11 is 0. The number of rotatable bonds is 3. The second kappa shape index (κ2) is 6.92. The van der Waals surface area contributed by atoms with E-state index < -0.39 is 0 Å². The van der Waals surface area contributed by atoms with Crippen molar-refractivity contribution < 1.29 is 9.59 Å². The molecule has 1 saturated carbocycles. The van der Waals surface area contributed by atoms with Crippen LogP contribution in [0.1, 0.15) is 41.6 Å². The van der Waals surface area contributed by atoms with E-state index in [-0.39, 0.29) is 23.8 Å². The summed E-state index contributed by atoms with van der Waals surface area (Å²) in [6.45, 7) is 1.92. The molecule has 120 valence electrons. The van der Waals surface area contributed by atoms with Crippen molar-refractivity contribution in [3.8, 4) is 0 Å². The normalized spacial score (nSPS) is 21.3. The molecule has 0 spiro atoms. The molecule has 5 nitrogen and oxygen atoms in total. The molecule has 5 heteroatoms. The van der Waals surface area contributed by atoms with Crippen LogP contribution in [0.5, 0.6) is 0 Å². The van der Waals surface area contributed by atoms with Gasteiger partial charge in [0, 0.05) is 37.3 Å². The molecule has 0 saturated heterocycles. The topological polar surface area (TPSA) is 75.4 Å². The van der Waals surface area contributed by atoms with Crippen LogP contribution in [-0.2, 0) is 4.79 Å². The van der Waals surface area contributed by atoms with Crippen molar-refractivity contribution in [3.63, 3.8) is 0 Å². The van der Waals surface area contributed by atoms with Crippen molar-refractivity contribution in [2.45, 2.75) is 38.6 Å². The lowest BCUT2D eigenvalue weighted by atomic mass is 9.85. The number of hydrogen-bond donors (Lipinski definition) is 2. The van der Waals surface area contributed by atoms with Gasteiger partial charge in [-0.05, 0) is 43.9 Å². The maximum absolute atomic E-state index is 12.4. The van der Waals surface area contributed by atoms with Gasteiger partial charge >= 0.3 is 0 Å². The number of nitrogens with two attached hydrogens (primary N) is 1. The Hall–Kier alpha value is -1.88. The van der Waals surface area contributed by atoms with E-state index >= 15 is 0 Å². The van der Waals surface area contributed by atoms with Crippen molar-refractivity contribution in [3.05, 3.63) is 29.3 Å². The van der Waals surface area contributed by atoms with Crippen LogP contribution in [0.25, 0.3) is 0 Å². The van der Waals surface area contributed by atoms with E-state index in [0.717, 1.165) is 31.2 Å². The molecular weight excluding hydrogens is 278 g/mol. The minimum Gasteiger partial charge on any atom is -0.345 e. The zero-order valence-corrected chi connectivity index (χ0v) is 13.6. The van der Waals surface area contributed by atoms with E-state index in [1.807, 2.05) is 13.0 Å². The number of benzene rings is 1. The van der Waals surface area contributed by atoms with E-state index in [1.165, 1.54) is 4.90 Å². The summed E-state index contributed by atoms with van der Waals surface area (Å²) < 4.78 is 0. The summed E-state index contributed by atoms with van der Waals surface area (Å²) in [4.78, 5) is 26.0. The molecule has 0 aliphatic heterocycles. The first-order chi connectivity index (χ1) is 10.4. The fourth-order valence-electron chi connectivity index (χ4n) is 2.85. The Balaban J connectivity index is 2.13. The first-order valence-electron chi connectivity index (χ1n) is 7.77. The summed E-state index contributed by atoms with van der Waals surface area (Å²) in [6, 6.07) is 5.51. The van der Waals surface area contributed by atoms with Crippen molar-refractivity contribution in [2.24, 2.45) is 11.7 Å². The lowest BCUT2D eigenvalue weighted by Crippen LogP contribution is -2.34. The van der Waals surface area contributed by atoms with Gasteiger partial charge in [0.05, 0.1) is 0 Å². The first kappa shape index (κ1) is 16.5. The highest BCUT2D eigenvalue weighted by Crippen LogP contribution is 2.25. The van der Waals surface area contributed by atoms with E-state index in [1.54, 1.807) is 26.2 Å². The van der Waals surface area contributed by atoms with Gasteiger partial charge in [0.15, 0.2) is 0 Å². The number of carbonyl (C=O) groups excluding carboxylic acids is 2. The number of amides is 2. The Morgan fingerprint density at radius 3 is 2.64 bits per heavy atom. The minimum absolute atomic E-state index is 0.00713. The third-order valence-electron chi connectivity index (χ3n) is 4.23. The number of hydrogen-bond acceptors (Lipinski definition) is 3. The quantitative estimate of drug-likeness (QED) is 0.898. The van der Waals surface area contributed by atoms with E-state index in [2.05, 4.69) is 5.32 Å². The lowest BCUT2D eigenvalue weighted by Gasteiger charge is -2.26. The van der Waals surface area contributed by atoms with Crippen LogP contribution in [0, 0.1) is 12.8 Å². The minimum atomic E-state index is -0.0739. The van der Waals surface area contributed by atoms with Crippen molar-refractivity contribution in [1.82, 2.24) is 4.90 Å². The monoisotopic (exact) mass is 303 g/mol. The Kier molecular flexibility index (Phi) is 5.19. The van der Waals surface area contributed by atoms with Crippen LogP contribution in [0.15, 0.2) is 18.2 Å². The predicted molar refractivity (Wildman–Crippen MR) is 87.8 cm³/mol. The highest BCUT2D eigenvalue weighted by Gasteiger charge is 2.25. The van der Waals surface area contributed by atoms with Gasteiger partial charge in [0.25, 0.3) is 5.91 Å². The zero-order chi connectivity index (χ0) is 16.3. The molecule has 0 radical (unpaired) electrons. The molecule has 0 bridgehead atoms. The number of carbonyl (C=O) groups is 2. The van der Waals surface area contributed by atoms with E-state index in [4.69, 9.17) is 5.73 Å². The fraction of sp³-hybridized carbons (Fsp3) is 0.529. The van der Waals surface area contributed by atoms with Crippen molar-refractivity contribution in [1.29, 1.82) is 0 Å². The highest BCUT2D eigenvalue weighted by molar-refractivity contribution is 5.98. The molecule has 2 rings (SSSR count). The molecule has 1 fully saturated rings. The van der Waals surface area contributed by atoms with Crippen LogP contribution >= 0.6 is 0 Å². The van der Waals surface area contributed by atoms with Gasteiger partial charge in [-0.2, -0.15) is 0 Å². The molecule has 2 atom stereocenters. The Bertz CT molecular complexity index is 569. The summed E-state index contributed by atoms with van der Waals surface area (Å²) in [5, 5.41) is 2.97. The molecule has 2 amide bonds. The molecule has 0 heterocycles. The summed E-state index contributed by atoms with van der Waals surface area (Å²) in [6.07, 6.45) is 3.61. The molecule has 1 aliphatic carbocycles. The molecule has 22 heavy (non-hydrogen) atoms. The lowest BCUT2D eigenvalue weighted by molar-refractivity contribution is -0.120. The third-order valence-corrected chi connectivity index (χ3v) is 4.23. The zero-order valence-electron chi connectivity index (χ0n) is 13.6. The summed E-state index contributed by atoms with van der Waals surface area (Å²) in [5.74, 6) is -0.0979. The van der Waals surface area contributed by atoms with Gasteiger partial charge in [-0.3, -0.25) is 9.59 Å². The maximum Gasteiger partial charge on any atom is 0.253 e. The number of aryl methyl sites for hydroxylation is 1. The first-order valence-corrected chi connectivity index (χ1v) is 7.77. The molecule has 0 aromatic heterocycles. The van der Waals surface area contributed by atoms with E-state index in [0.29, 0.717) is 11.3 Å². The van der Waals surface area contributed by atoms with Gasteiger partial charge in [0.1, 0.15) is 0 Å². The number of nitrogens with one attached hydrogen (secondary N) is 1. The van der Waals surface area contributed by atoms with Crippen LogP contribution < -0.4 is 11.1 Å². The molecule has 1 aliphatic rings. The third kappa shape index (κ3) is 3.85. The van der Waals surface area contributed by atoms with Gasteiger partial charge < -0.3 is 16.0 Å². The molecule has 3 N–H and O–H groups in total. The van der Waals surface area contributed by atoms with Crippen LogP contribution in [0.3, 0.4) is 0 Å². The summed E-state index contributed by atoms with van der Waals surface area (Å²) in [7, 11) is 3.42. The van der Waals surface area contributed by atoms with Crippen LogP contribution in [-0.4, -0.2) is 36.9 Å². The largest absolute Gasteiger partial charge is 0.345 e. The molecular formula is C17H25N3O2. The standard InChI is InChI=1S/C17H25N3O2/c1-11-7-8-13(17(22)20(2)3)10-15(11)19-16(21)12-5-4-6-14(18)9-12/h7-8,10,12,14H,4-6,9,18H2,1-3H3,(H,19,21). The van der Waals surface area contributed by atoms with Crippen LogP contribution in [0.4, 0.5) is 5.69 Å². The number of nitrogens with zero attached hydrogens (tertiary/aromatic N) is 1. The Morgan fingerprint density at radius 2 is 2.00 bits per heavy atom. The highest BCUT2D eigenvalue weighted by atomic mass is 16.2. The smallest absolute Gasteiger partial charge is 0.253 e. The Morgan fingerprint density at radius 1 is 1.27 bits per heavy atom. The average molecular weight is 303 g/mol. The fourth-order valence-corrected chi connectivity index (χ4v) is 2.85. The molecule has 1 aromatic carbocycles. The SMILES string of the molecule is Cc1ccc(C(=O)N(C)C)cc1NC(=O)C1CCCC(N)C1. The van der Waals surface area contributed by atoms with Gasteiger partial charge in [-0.1, -0.05) is 12.5 Å². The van der Waals surface area contributed by atoms with Gasteiger partial charge in [-0.25, -0.2) is 0 Å². The van der Waals surface area contributed by atoms with Crippen molar-refractivity contribution >= 4 is 17.5 Å². The maximum atomic E-state index is 12.4. The second-order valence-electron chi connectivity index (χ2n) is 6.34. The number of anilines is 1. The second-order valence-corrected chi connectivity index (χ2v) is 6.34. The van der Waals surface area contributed by atoms with Crippen molar-refractivity contribution in [2.75, 3.05) is 19.4 Å². The Labute approximate surface area is 131 Å². The molecule has 1 aromatic rings. The average Bonchev–Trinajstić information content (AvgIpc) is 2.48. The van der Waals surface area contributed by atoms with E-state index in [9.17, 15) is 9.59 Å². The van der Waals surface area contributed by atoms with Crippen LogP contribution in [0.2, 0.25) is 0 Å².